The molecule has 0 aliphatic carbocycles. The molecule has 1 heterocycles. The summed E-state index contributed by atoms with van der Waals surface area (Å²) in [6.07, 6.45) is 1.71. The Morgan fingerprint density at radius 1 is 0.560 bits per heavy atom. The third-order valence-corrected chi connectivity index (χ3v) is 7.22. The van der Waals surface area contributed by atoms with Gasteiger partial charge >= 0.3 is 0 Å². The van der Waals surface area contributed by atoms with Gasteiger partial charge in [0.05, 0.1) is 6.26 Å². The van der Waals surface area contributed by atoms with Crippen molar-refractivity contribution in [3.63, 3.8) is 0 Å². The number of benzene rings is 3. The fraction of sp³-hybridized carbons (Fsp3) is 0. The quantitative estimate of drug-likeness (QED) is 0.387. The topological polar surface area (TPSA) is 13.1 Å². The Bertz CT molecular complexity index is 862. The number of thiol groups is 1. The van der Waals surface area contributed by atoms with Crippen LogP contribution in [0.3, 0.4) is 0 Å². The second-order valence-electron chi connectivity index (χ2n) is 5.53. The maximum atomic E-state index is 5.42. The van der Waals surface area contributed by atoms with Crippen LogP contribution >= 0.6 is 22.7 Å². The summed E-state index contributed by atoms with van der Waals surface area (Å²) < 4.78 is 5.42. The van der Waals surface area contributed by atoms with Crippen LogP contribution in [0.25, 0.3) is 0 Å². The Hall–Kier alpha value is -2.36. The van der Waals surface area contributed by atoms with E-state index in [1.807, 2.05) is 12.1 Å². The van der Waals surface area contributed by atoms with Gasteiger partial charge in [-0.1, -0.05) is 48.2 Å². The van der Waals surface area contributed by atoms with Gasteiger partial charge in [0.15, 0.2) is 5.09 Å². The summed E-state index contributed by atoms with van der Waals surface area (Å²) in [5.74, 6) is 0. The van der Waals surface area contributed by atoms with E-state index in [1.54, 1.807) is 18.0 Å². The van der Waals surface area contributed by atoms with Gasteiger partial charge in [0.2, 0.25) is 0 Å². The molecule has 0 radical (unpaired) electrons. The monoisotopic (exact) mass is 362 g/mol. The largest absolute Gasteiger partial charge is 0.458 e. The van der Waals surface area contributed by atoms with Gasteiger partial charge in [-0.15, -0.1) is 0 Å². The summed E-state index contributed by atoms with van der Waals surface area (Å²) in [6, 6.07) is 34.3. The third kappa shape index (κ3) is 3.84. The van der Waals surface area contributed by atoms with Crippen molar-refractivity contribution in [3.8, 4) is 0 Å². The highest BCUT2D eigenvalue weighted by atomic mass is 32.2. The maximum Gasteiger partial charge on any atom is 0.164 e. The standard InChI is InChI=1S/C22H18OS2/c1-3-8-19(9-4-1)25(20-10-5-2-6-11-20)21-15-13-18(14-16-21)24-22-12-7-17-23-22/h1-17,25H. The van der Waals surface area contributed by atoms with Crippen LogP contribution in [0.4, 0.5) is 0 Å². The zero-order valence-corrected chi connectivity index (χ0v) is 15.3. The van der Waals surface area contributed by atoms with Crippen LogP contribution in [0.15, 0.2) is 132 Å². The predicted molar refractivity (Wildman–Crippen MR) is 106 cm³/mol. The Kier molecular flexibility index (Phi) is 4.96. The molecule has 0 atom stereocenters. The minimum Gasteiger partial charge on any atom is -0.458 e. The molecule has 3 aromatic carbocycles. The molecule has 0 saturated heterocycles. The molecule has 0 unspecified atom stereocenters. The van der Waals surface area contributed by atoms with E-state index in [2.05, 4.69) is 84.9 Å². The van der Waals surface area contributed by atoms with E-state index in [0.717, 1.165) is 5.09 Å². The second-order valence-corrected chi connectivity index (χ2v) is 8.83. The molecule has 4 aromatic rings. The van der Waals surface area contributed by atoms with Gasteiger partial charge in [-0.2, -0.15) is 10.9 Å². The first-order chi connectivity index (χ1) is 12.4. The van der Waals surface area contributed by atoms with Crippen LogP contribution < -0.4 is 0 Å². The fourth-order valence-electron chi connectivity index (χ4n) is 2.70. The van der Waals surface area contributed by atoms with E-state index in [1.165, 1.54) is 19.6 Å². The van der Waals surface area contributed by atoms with Gasteiger partial charge in [0.25, 0.3) is 0 Å². The summed E-state index contributed by atoms with van der Waals surface area (Å²) in [7, 11) is -0.541. The minimum absolute atomic E-state index is 0.541. The van der Waals surface area contributed by atoms with Crippen molar-refractivity contribution in [2.45, 2.75) is 24.7 Å². The van der Waals surface area contributed by atoms with E-state index in [-0.39, 0.29) is 0 Å². The van der Waals surface area contributed by atoms with E-state index in [0.29, 0.717) is 0 Å². The zero-order chi connectivity index (χ0) is 16.9. The average molecular weight is 363 g/mol. The van der Waals surface area contributed by atoms with Gasteiger partial charge in [0, 0.05) is 4.90 Å². The van der Waals surface area contributed by atoms with Gasteiger partial charge in [-0.05, 0) is 75.4 Å². The first-order valence-corrected chi connectivity index (χ1v) is 10.3. The van der Waals surface area contributed by atoms with E-state index >= 15 is 0 Å². The van der Waals surface area contributed by atoms with Crippen molar-refractivity contribution in [1.29, 1.82) is 0 Å². The fourth-order valence-corrected chi connectivity index (χ4v) is 5.74. The van der Waals surface area contributed by atoms with Crippen molar-refractivity contribution in [2.24, 2.45) is 0 Å². The molecular formula is C22H18OS2. The molecule has 0 amide bonds. The molecule has 0 bridgehead atoms. The van der Waals surface area contributed by atoms with E-state index in [9.17, 15) is 0 Å². The van der Waals surface area contributed by atoms with Gasteiger partial charge in [0.1, 0.15) is 0 Å². The average Bonchev–Trinajstić information content (AvgIpc) is 3.18. The SMILES string of the molecule is c1ccc([SH](c2ccccc2)c2ccc(Sc3ccco3)cc2)cc1. The van der Waals surface area contributed by atoms with Gasteiger partial charge < -0.3 is 4.42 Å². The van der Waals surface area contributed by atoms with Crippen LogP contribution in [0, 0.1) is 0 Å². The third-order valence-electron chi connectivity index (χ3n) is 3.84. The maximum absolute atomic E-state index is 5.42. The van der Waals surface area contributed by atoms with Crippen LogP contribution in [0.5, 0.6) is 0 Å². The highest BCUT2D eigenvalue weighted by Crippen LogP contribution is 2.51. The normalized spacial score (nSPS) is 11.3. The van der Waals surface area contributed by atoms with Crippen molar-refractivity contribution >= 4 is 22.7 Å². The molecule has 124 valence electrons. The first kappa shape index (κ1) is 16.1. The van der Waals surface area contributed by atoms with Crippen LogP contribution in [-0.2, 0) is 0 Å². The summed E-state index contributed by atoms with van der Waals surface area (Å²) in [6.45, 7) is 0. The van der Waals surface area contributed by atoms with Gasteiger partial charge in [-0.3, -0.25) is 0 Å². The highest BCUT2D eigenvalue weighted by molar-refractivity contribution is 8.17. The van der Waals surface area contributed by atoms with E-state index in [4.69, 9.17) is 4.42 Å². The lowest BCUT2D eigenvalue weighted by atomic mass is 10.4. The lowest BCUT2D eigenvalue weighted by Gasteiger charge is -2.23. The Morgan fingerprint density at radius 2 is 1.12 bits per heavy atom. The minimum atomic E-state index is -0.541. The second kappa shape index (κ2) is 7.68. The number of hydrogen-bond donors (Lipinski definition) is 1. The van der Waals surface area contributed by atoms with Crippen molar-refractivity contribution < 1.29 is 4.42 Å². The predicted octanol–water partition coefficient (Wildman–Crippen LogP) is 6.91. The molecule has 4 rings (SSSR count). The summed E-state index contributed by atoms with van der Waals surface area (Å²) in [5, 5.41) is 0.918. The van der Waals surface area contributed by atoms with Crippen LogP contribution in [0.2, 0.25) is 0 Å². The zero-order valence-electron chi connectivity index (χ0n) is 13.6. The summed E-state index contributed by atoms with van der Waals surface area (Å²) in [4.78, 5) is 5.29. The molecule has 0 N–H and O–H groups in total. The molecule has 0 aliphatic rings. The van der Waals surface area contributed by atoms with E-state index < -0.39 is 10.9 Å². The Labute approximate surface area is 155 Å². The summed E-state index contributed by atoms with van der Waals surface area (Å²) >= 11 is 1.65. The number of rotatable bonds is 5. The number of hydrogen-bond acceptors (Lipinski definition) is 2. The molecule has 0 aliphatic heterocycles. The van der Waals surface area contributed by atoms with Crippen molar-refractivity contribution in [1.82, 2.24) is 0 Å². The van der Waals surface area contributed by atoms with Gasteiger partial charge in [-0.25, -0.2) is 0 Å². The summed E-state index contributed by atoms with van der Waals surface area (Å²) in [5.41, 5.74) is 0. The molecule has 1 aromatic heterocycles. The van der Waals surface area contributed by atoms with Crippen molar-refractivity contribution in [2.75, 3.05) is 0 Å². The lowest BCUT2D eigenvalue weighted by Crippen LogP contribution is -1.88. The first-order valence-electron chi connectivity index (χ1n) is 8.12. The smallest absolute Gasteiger partial charge is 0.164 e. The van der Waals surface area contributed by atoms with Crippen molar-refractivity contribution in [3.05, 3.63) is 103 Å². The molecule has 0 fully saturated rings. The molecule has 0 saturated carbocycles. The highest BCUT2D eigenvalue weighted by Gasteiger charge is 2.12. The van der Waals surface area contributed by atoms with Crippen LogP contribution in [0.1, 0.15) is 0 Å². The Balaban J connectivity index is 1.68. The lowest BCUT2D eigenvalue weighted by molar-refractivity contribution is 0.474. The molecule has 1 nitrogen and oxygen atoms in total. The molecule has 3 heteroatoms. The molecule has 25 heavy (non-hydrogen) atoms. The Morgan fingerprint density at radius 3 is 1.64 bits per heavy atom. The number of furan rings is 1. The molecular weight excluding hydrogens is 344 g/mol. The molecule has 0 spiro atoms. The van der Waals surface area contributed by atoms with Crippen LogP contribution in [-0.4, -0.2) is 0 Å².